The zero-order chi connectivity index (χ0) is 21.6. The SMILES string of the molecule is NC(=O)c1c(Nc2ccc(CN3CCCC3)cc2)n[nH]c1NCc1ccc(N=O)cc1. The van der Waals surface area contributed by atoms with Crippen LogP contribution in [0.1, 0.15) is 34.3 Å². The van der Waals surface area contributed by atoms with E-state index >= 15 is 0 Å². The fourth-order valence-electron chi connectivity index (χ4n) is 3.69. The largest absolute Gasteiger partial charge is 0.366 e. The van der Waals surface area contributed by atoms with Gasteiger partial charge >= 0.3 is 0 Å². The first-order valence-electron chi connectivity index (χ1n) is 10.2. The summed E-state index contributed by atoms with van der Waals surface area (Å²) >= 11 is 0. The monoisotopic (exact) mass is 419 g/mol. The lowest BCUT2D eigenvalue weighted by Crippen LogP contribution is -2.18. The second kappa shape index (κ2) is 9.40. The molecule has 4 rings (SSSR count). The van der Waals surface area contributed by atoms with Crippen LogP contribution in [-0.4, -0.2) is 34.1 Å². The molecule has 9 heteroatoms. The number of anilines is 3. The first-order valence-corrected chi connectivity index (χ1v) is 10.2. The minimum atomic E-state index is -0.593. The molecule has 160 valence electrons. The topological polar surface area (TPSA) is 128 Å². The molecule has 0 atom stereocenters. The van der Waals surface area contributed by atoms with Gasteiger partial charge in [0.1, 0.15) is 17.1 Å². The lowest BCUT2D eigenvalue weighted by Gasteiger charge is -2.14. The molecule has 1 aliphatic heterocycles. The Morgan fingerprint density at radius 2 is 1.74 bits per heavy atom. The number of nitrogens with zero attached hydrogens (tertiary/aromatic N) is 3. The number of aromatic amines is 1. The fraction of sp³-hybridized carbons (Fsp3) is 0.273. The van der Waals surface area contributed by atoms with E-state index in [4.69, 9.17) is 5.73 Å². The summed E-state index contributed by atoms with van der Waals surface area (Å²) in [6, 6.07) is 14.9. The number of carbonyl (C=O) groups excluding carboxylic acids is 1. The van der Waals surface area contributed by atoms with Crippen LogP contribution in [0.3, 0.4) is 0 Å². The third kappa shape index (κ3) is 5.07. The number of nitrogens with one attached hydrogen (secondary N) is 3. The van der Waals surface area contributed by atoms with Crippen molar-refractivity contribution < 1.29 is 4.79 Å². The van der Waals surface area contributed by atoms with Gasteiger partial charge in [-0.1, -0.05) is 24.3 Å². The normalized spacial score (nSPS) is 13.8. The first-order chi connectivity index (χ1) is 15.1. The summed E-state index contributed by atoms with van der Waals surface area (Å²) < 4.78 is 0. The van der Waals surface area contributed by atoms with Crippen molar-refractivity contribution in [2.24, 2.45) is 10.9 Å². The van der Waals surface area contributed by atoms with Crippen molar-refractivity contribution in [3.63, 3.8) is 0 Å². The highest BCUT2D eigenvalue weighted by Crippen LogP contribution is 2.25. The van der Waals surface area contributed by atoms with Crippen molar-refractivity contribution in [3.8, 4) is 0 Å². The average molecular weight is 419 g/mol. The van der Waals surface area contributed by atoms with E-state index in [1.807, 2.05) is 12.1 Å². The van der Waals surface area contributed by atoms with Crippen molar-refractivity contribution in [1.29, 1.82) is 0 Å². The van der Waals surface area contributed by atoms with Crippen molar-refractivity contribution in [2.75, 3.05) is 23.7 Å². The van der Waals surface area contributed by atoms with Gasteiger partial charge in [0.05, 0.1) is 0 Å². The number of nitroso groups, excluding NO2 is 1. The molecule has 0 spiro atoms. The number of rotatable bonds is 9. The molecule has 0 unspecified atom stereocenters. The lowest BCUT2D eigenvalue weighted by molar-refractivity contribution is 0.100. The summed E-state index contributed by atoms with van der Waals surface area (Å²) in [5, 5.41) is 16.2. The van der Waals surface area contributed by atoms with Crippen LogP contribution < -0.4 is 16.4 Å². The van der Waals surface area contributed by atoms with E-state index in [2.05, 4.69) is 43.0 Å². The molecule has 0 radical (unpaired) electrons. The van der Waals surface area contributed by atoms with Crippen LogP contribution in [0.25, 0.3) is 0 Å². The molecule has 0 saturated carbocycles. The fourth-order valence-corrected chi connectivity index (χ4v) is 3.69. The van der Waals surface area contributed by atoms with Crippen LogP contribution >= 0.6 is 0 Å². The van der Waals surface area contributed by atoms with E-state index in [0.29, 0.717) is 23.9 Å². The van der Waals surface area contributed by atoms with Gasteiger partial charge in [-0.3, -0.25) is 14.8 Å². The van der Waals surface area contributed by atoms with Gasteiger partial charge in [0.25, 0.3) is 5.91 Å². The summed E-state index contributed by atoms with van der Waals surface area (Å²) in [5.41, 5.74) is 9.21. The van der Waals surface area contributed by atoms with Crippen LogP contribution in [0, 0.1) is 4.91 Å². The molecule has 2 heterocycles. The second-order valence-corrected chi connectivity index (χ2v) is 7.60. The van der Waals surface area contributed by atoms with Gasteiger partial charge in [0.2, 0.25) is 0 Å². The van der Waals surface area contributed by atoms with Crippen molar-refractivity contribution in [1.82, 2.24) is 15.1 Å². The van der Waals surface area contributed by atoms with E-state index in [1.54, 1.807) is 24.3 Å². The molecule has 1 amide bonds. The summed E-state index contributed by atoms with van der Waals surface area (Å²) in [6.07, 6.45) is 2.54. The molecule has 9 nitrogen and oxygen atoms in total. The number of aromatic nitrogens is 2. The summed E-state index contributed by atoms with van der Waals surface area (Å²) in [6.45, 7) is 3.69. The lowest BCUT2D eigenvalue weighted by atomic mass is 10.2. The molecule has 3 aromatic rings. The molecule has 0 aliphatic carbocycles. The standard InChI is InChI=1S/C22H25N7O2/c23-20(30)19-21(24-13-15-3-9-18(28-31)10-4-15)26-27-22(19)25-17-7-5-16(6-8-17)14-29-11-1-2-12-29/h3-10H,1-2,11-14H2,(H2,23,30)(H3,24,25,26,27). The van der Waals surface area contributed by atoms with Crippen LogP contribution in [0.5, 0.6) is 0 Å². The minimum Gasteiger partial charge on any atom is -0.366 e. The third-order valence-electron chi connectivity index (χ3n) is 5.35. The molecule has 5 N–H and O–H groups in total. The van der Waals surface area contributed by atoms with Gasteiger partial charge in [-0.15, -0.1) is 4.91 Å². The van der Waals surface area contributed by atoms with Crippen LogP contribution in [0.4, 0.5) is 23.0 Å². The van der Waals surface area contributed by atoms with Gasteiger partial charge in [0, 0.05) is 18.8 Å². The van der Waals surface area contributed by atoms with Gasteiger partial charge in [-0.25, -0.2) is 0 Å². The highest BCUT2D eigenvalue weighted by atomic mass is 16.3. The maximum Gasteiger partial charge on any atom is 0.256 e. The number of carbonyl (C=O) groups is 1. The Labute approximate surface area is 180 Å². The average Bonchev–Trinajstić information content (AvgIpc) is 3.44. The van der Waals surface area contributed by atoms with Crippen LogP contribution in [0.15, 0.2) is 53.7 Å². The molecule has 31 heavy (non-hydrogen) atoms. The predicted octanol–water partition coefficient (Wildman–Crippen LogP) is 3.86. The third-order valence-corrected chi connectivity index (χ3v) is 5.35. The summed E-state index contributed by atoms with van der Waals surface area (Å²) in [4.78, 5) is 25.0. The number of primary amides is 1. The van der Waals surface area contributed by atoms with E-state index < -0.39 is 5.91 Å². The Morgan fingerprint density at radius 3 is 2.39 bits per heavy atom. The van der Waals surface area contributed by atoms with Gasteiger partial charge < -0.3 is 16.4 Å². The molecular formula is C22H25N7O2. The number of hydrogen-bond acceptors (Lipinski definition) is 7. The number of benzene rings is 2. The van der Waals surface area contributed by atoms with E-state index in [9.17, 15) is 9.70 Å². The van der Waals surface area contributed by atoms with Crippen LogP contribution in [-0.2, 0) is 13.1 Å². The van der Waals surface area contributed by atoms with E-state index in [-0.39, 0.29) is 5.56 Å². The van der Waals surface area contributed by atoms with Gasteiger partial charge in [-0.2, -0.15) is 5.10 Å². The molecular weight excluding hydrogens is 394 g/mol. The summed E-state index contributed by atoms with van der Waals surface area (Å²) in [5.74, 6) is 0.200. The first kappa shape index (κ1) is 20.5. The highest BCUT2D eigenvalue weighted by Gasteiger charge is 2.19. The molecule has 1 saturated heterocycles. The number of H-pyrrole nitrogens is 1. The van der Waals surface area contributed by atoms with E-state index in [0.717, 1.165) is 30.9 Å². The number of amides is 1. The predicted molar refractivity (Wildman–Crippen MR) is 121 cm³/mol. The Kier molecular flexibility index (Phi) is 6.23. The maximum absolute atomic E-state index is 12.1. The molecule has 0 bridgehead atoms. The maximum atomic E-state index is 12.1. The Balaban J connectivity index is 1.42. The zero-order valence-electron chi connectivity index (χ0n) is 17.1. The second-order valence-electron chi connectivity index (χ2n) is 7.60. The number of likely N-dealkylation sites (tertiary alicyclic amines) is 1. The number of nitrogens with two attached hydrogens (primary N) is 1. The van der Waals surface area contributed by atoms with Crippen molar-refractivity contribution >= 4 is 28.9 Å². The number of hydrogen-bond donors (Lipinski definition) is 4. The van der Waals surface area contributed by atoms with Crippen molar-refractivity contribution in [3.05, 3.63) is 70.1 Å². The van der Waals surface area contributed by atoms with Crippen LogP contribution in [0.2, 0.25) is 0 Å². The molecule has 1 fully saturated rings. The van der Waals surface area contributed by atoms with Crippen molar-refractivity contribution in [2.45, 2.75) is 25.9 Å². The van der Waals surface area contributed by atoms with Gasteiger partial charge in [-0.05, 0) is 66.5 Å². The highest BCUT2D eigenvalue weighted by molar-refractivity contribution is 6.03. The molecule has 1 aliphatic rings. The Bertz CT molecular complexity index is 1040. The quantitative estimate of drug-likeness (QED) is 0.390. The Morgan fingerprint density at radius 1 is 1.06 bits per heavy atom. The van der Waals surface area contributed by atoms with E-state index in [1.165, 1.54) is 18.4 Å². The molecule has 2 aromatic carbocycles. The van der Waals surface area contributed by atoms with Gasteiger partial charge in [0.15, 0.2) is 5.82 Å². The smallest absolute Gasteiger partial charge is 0.256 e. The summed E-state index contributed by atoms with van der Waals surface area (Å²) in [7, 11) is 0. The zero-order valence-corrected chi connectivity index (χ0v) is 17.1. The molecule has 1 aromatic heterocycles. The Hall–Kier alpha value is -3.72. The minimum absolute atomic E-state index is 0.257.